The number of H-pyrrole nitrogens is 1. The van der Waals surface area contributed by atoms with Crippen molar-refractivity contribution in [3.8, 4) is 11.5 Å². The molecule has 2 aromatic carbocycles. The second-order valence-corrected chi connectivity index (χ2v) is 24.7. The molecule has 2 saturated heterocycles. The third kappa shape index (κ3) is 11.0. The Bertz CT molecular complexity index is 2960. The number of nitro groups is 1. The van der Waals surface area contributed by atoms with E-state index in [2.05, 4.69) is 89.1 Å². The molecule has 0 radical (unpaired) electrons. The molecule has 3 aromatic heterocycles. The van der Waals surface area contributed by atoms with Gasteiger partial charge in [-0.1, -0.05) is 45.0 Å². The average Bonchev–Trinajstić information content (AvgIpc) is 3.80. The number of fused-ring (bicyclic) bond motifs is 1. The number of nitrogens with zero attached hydrogens (tertiary/aromatic N) is 7. The minimum absolute atomic E-state index is 0.0198. The summed E-state index contributed by atoms with van der Waals surface area (Å²) in [6.45, 7) is 13.1. The van der Waals surface area contributed by atoms with Crippen LogP contribution in [-0.4, -0.2) is 119 Å². The topological polar surface area (TPSA) is 208 Å². The molecular formula is C51H66N10O7S2. The van der Waals surface area contributed by atoms with Crippen molar-refractivity contribution in [1.29, 1.82) is 0 Å². The van der Waals surface area contributed by atoms with Crippen LogP contribution in [0.2, 0.25) is 0 Å². The Labute approximate surface area is 411 Å². The summed E-state index contributed by atoms with van der Waals surface area (Å²) in [5.74, 6) is 0.0731. The third-order valence-corrected chi connectivity index (χ3v) is 17.2. The van der Waals surface area contributed by atoms with Gasteiger partial charge < -0.3 is 24.8 Å². The van der Waals surface area contributed by atoms with Gasteiger partial charge in [0.1, 0.15) is 22.0 Å². The van der Waals surface area contributed by atoms with Crippen molar-refractivity contribution in [3.05, 3.63) is 106 Å². The van der Waals surface area contributed by atoms with Gasteiger partial charge in [-0.2, -0.15) is 0 Å². The number of rotatable bonds is 15. The van der Waals surface area contributed by atoms with Gasteiger partial charge in [-0.05, 0) is 111 Å². The Kier molecular flexibility index (Phi) is 14.3. The highest BCUT2D eigenvalue weighted by atomic mass is 32.2. The number of carbonyl (C=O) groups excluding carboxylic acids is 1. The molecule has 3 N–H and O–H groups in total. The van der Waals surface area contributed by atoms with Gasteiger partial charge in [-0.3, -0.25) is 24.0 Å². The Balaban J connectivity index is 0.886. The highest BCUT2D eigenvalue weighted by Crippen LogP contribution is 2.53. The zero-order valence-electron chi connectivity index (χ0n) is 40.8. The normalized spacial score (nSPS) is 21.4. The SMILES string of the molecule is CCN1CCN(C2CC3(CCN(c4ccc(C(=O)NS(=O)(=O)c5cnc(NCC6CCC(N=S(C)(C)=O)CC6)c([N+](=O)[O-])c5)c(Oc5cnc6[nH]ccc6c5)c4)CC3)C2)[C@H](c2ccccc2C(C)C)C1. The van der Waals surface area contributed by atoms with Crippen LogP contribution in [0.4, 0.5) is 17.2 Å². The number of anilines is 2. The van der Waals surface area contributed by atoms with E-state index in [9.17, 15) is 27.5 Å². The van der Waals surface area contributed by atoms with E-state index in [0.29, 0.717) is 35.9 Å². The highest BCUT2D eigenvalue weighted by molar-refractivity contribution is 7.92. The average molecular weight is 995 g/mol. The largest absolute Gasteiger partial charge is 0.455 e. The summed E-state index contributed by atoms with van der Waals surface area (Å²) in [6, 6.07) is 19.6. The molecule has 19 heteroatoms. The Morgan fingerprint density at radius 1 is 0.971 bits per heavy atom. The van der Waals surface area contributed by atoms with Gasteiger partial charge in [-0.25, -0.2) is 27.5 Å². The zero-order chi connectivity index (χ0) is 49.4. The summed E-state index contributed by atoms with van der Waals surface area (Å²) < 4.78 is 52.7. The van der Waals surface area contributed by atoms with E-state index in [4.69, 9.17) is 4.74 Å². The number of pyridine rings is 2. The fourth-order valence-corrected chi connectivity index (χ4v) is 13.1. The maximum Gasteiger partial charge on any atom is 0.312 e. The molecule has 0 unspecified atom stereocenters. The molecule has 1 atom stereocenters. The first-order valence-corrected chi connectivity index (χ1v) is 28.5. The van der Waals surface area contributed by atoms with E-state index in [1.807, 2.05) is 12.1 Å². The first-order valence-electron chi connectivity index (χ1n) is 24.6. The lowest BCUT2D eigenvalue weighted by Crippen LogP contribution is -2.60. The molecule has 2 aliphatic carbocycles. The van der Waals surface area contributed by atoms with Crippen molar-refractivity contribution in [2.24, 2.45) is 15.7 Å². The van der Waals surface area contributed by atoms with Crippen molar-refractivity contribution in [1.82, 2.24) is 29.5 Å². The van der Waals surface area contributed by atoms with E-state index in [1.165, 1.54) is 30.2 Å². The number of nitrogens with one attached hydrogen (secondary N) is 3. The molecule has 70 heavy (non-hydrogen) atoms. The van der Waals surface area contributed by atoms with Crippen LogP contribution in [0.15, 0.2) is 88.5 Å². The molecule has 2 aliphatic heterocycles. The summed E-state index contributed by atoms with van der Waals surface area (Å²) in [7, 11) is -6.86. The summed E-state index contributed by atoms with van der Waals surface area (Å²) >= 11 is 0. The van der Waals surface area contributed by atoms with E-state index in [0.717, 1.165) is 101 Å². The highest BCUT2D eigenvalue weighted by Gasteiger charge is 2.50. The van der Waals surface area contributed by atoms with Crippen molar-refractivity contribution in [3.63, 3.8) is 0 Å². The first-order chi connectivity index (χ1) is 33.5. The fourth-order valence-electron chi connectivity index (χ4n) is 11.2. The minimum atomic E-state index is -4.65. The fraction of sp³-hybridized carbons (Fsp3) is 0.510. The molecule has 1 amide bonds. The maximum atomic E-state index is 14.1. The van der Waals surface area contributed by atoms with Gasteiger partial charge in [-0.15, -0.1) is 0 Å². The molecule has 374 valence electrons. The first kappa shape index (κ1) is 49.4. The molecule has 17 nitrogen and oxygen atoms in total. The standard InChI is InChI=1S/C51H66N10O7S2/c1-6-58-23-24-60(46(33-58)43-10-8-7-9-42(43)34(2)3)39-28-51(29-39)18-21-59(22-19-51)38-15-16-44(47(26-38)68-40-25-36-17-20-52-48(36)54-31-40)50(62)57-70(66,67)41-27-45(61(63)64)49(55-32-41)53-30-35-11-13-37(14-12-35)56-69(4,5)65/h7-10,15-17,20,25-27,31-32,34-35,37,39,46H,6,11-14,18-19,21-24,28-30,33H2,1-5H3,(H,52,54)(H,53,55)(H,57,62)/t35?,37?,46-/m0/s1. The summed E-state index contributed by atoms with van der Waals surface area (Å²) in [4.78, 5) is 44.4. The van der Waals surface area contributed by atoms with E-state index >= 15 is 0 Å². The maximum absolute atomic E-state index is 14.1. The van der Waals surface area contributed by atoms with Crippen LogP contribution < -0.4 is 19.7 Å². The Morgan fingerprint density at radius 3 is 2.44 bits per heavy atom. The molecule has 4 fully saturated rings. The molecule has 4 aliphatic rings. The number of likely N-dealkylation sites (N-methyl/N-ethyl adjacent to an activating group) is 1. The number of aromatic amines is 1. The number of sulfonamides is 1. The zero-order valence-corrected chi connectivity index (χ0v) is 42.4. The van der Waals surface area contributed by atoms with Crippen molar-refractivity contribution in [2.75, 3.05) is 68.5 Å². The molecule has 5 heterocycles. The number of carbonyl (C=O) groups is 1. The van der Waals surface area contributed by atoms with Crippen molar-refractivity contribution >= 4 is 53.9 Å². The Hall–Kier alpha value is -5.63. The number of benzene rings is 2. The number of ether oxygens (including phenoxy) is 1. The number of hydrogen-bond acceptors (Lipinski definition) is 14. The summed E-state index contributed by atoms with van der Waals surface area (Å²) in [5.41, 5.74) is 4.09. The smallest absolute Gasteiger partial charge is 0.312 e. The summed E-state index contributed by atoms with van der Waals surface area (Å²) in [6.07, 6.45) is 15.1. The lowest BCUT2D eigenvalue weighted by molar-refractivity contribution is -0.384. The predicted molar refractivity (Wildman–Crippen MR) is 274 cm³/mol. The van der Waals surface area contributed by atoms with Crippen LogP contribution in [-0.2, 0) is 19.8 Å². The second-order valence-electron chi connectivity index (χ2n) is 20.4. The van der Waals surface area contributed by atoms with E-state index in [1.54, 1.807) is 36.9 Å². The summed E-state index contributed by atoms with van der Waals surface area (Å²) in [5, 5.41) is 16.1. The van der Waals surface area contributed by atoms with Crippen LogP contribution in [0.25, 0.3) is 11.0 Å². The Morgan fingerprint density at radius 2 is 1.73 bits per heavy atom. The molecule has 9 rings (SSSR count). The van der Waals surface area contributed by atoms with Gasteiger partial charge in [0.05, 0.1) is 28.9 Å². The van der Waals surface area contributed by atoms with Gasteiger partial charge in [0.25, 0.3) is 15.9 Å². The van der Waals surface area contributed by atoms with Crippen LogP contribution in [0.1, 0.15) is 106 Å². The number of piperidine rings is 1. The number of amides is 1. The molecule has 5 aromatic rings. The van der Waals surface area contributed by atoms with Gasteiger partial charge in [0, 0.05) is 103 Å². The number of hydrogen-bond donors (Lipinski definition) is 3. The molecule has 0 bridgehead atoms. The molecule has 2 saturated carbocycles. The monoisotopic (exact) mass is 994 g/mol. The lowest BCUT2D eigenvalue weighted by Gasteiger charge is -2.58. The predicted octanol–water partition coefficient (Wildman–Crippen LogP) is 8.73. The van der Waals surface area contributed by atoms with E-state index in [-0.39, 0.29) is 34.5 Å². The van der Waals surface area contributed by atoms with Crippen molar-refractivity contribution in [2.45, 2.75) is 101 Å². The minimum Gasteiger partial charge on any atom is -0.455 e. The van der Waals surface area contributed by atoms with Crippen LogP contribution in [0.5, 0.6) is 11.5 Å². The quantitative estimate of drug-likeness (QED) is 0.0663. The van der Waals surface area contributed by atoms with Crippen LogP contribution in [0.3, 0.4) is 0 Å². The van der Waals surface area contributed by atoms with Gasteiger partial charge >= 0.3 is 5.69 Å². The van der Waals surface area contributed by atoms with E-state index < -0.39 is 41.2 Å². The van der Waals surface area contributed by atoms with Crippen LogP contribution in [0, 0.1) is 21.4 Å². The van der Waals surface area contributed by atoms with Gasteiger partial charge in [0.15, 0.2) is 0 Å². The third-order valence-electron chi connectivity index (χ3n) is 15.1. The van der Waals surface area contributed by atoms with Crippen LogP contribution >= 0.6 is 0 Å². The number of aromatic nitrogens is 3. The van der Waals surface area contributed by atoms with Crippen molar-refractivity contribution < 1.29 is 27.1 Å². The lowest BCUT2D eigenvalue weighted by atomic mass is 9.59. The van der Waals surface area contributed by atoms with Gasteiger partial charge in [0.2, 0.25) is 5.82 Å². The molecular weight excluding hydrogens is 929 g/mol. The molecule has 1 spiro atoms. The number of piperazine rings is 1. The second kappa shape index (κ2) is 20.2.